The fourth-order valence-corrected chi connectivity index (χ4v) is 3.66. The van der Waals surface area contributed by atoms with E-state index in [0.29, 0.717) is 12.5 Å². The molecule has 0 bridgehead atoms. The van der Waals surface area contributed by atoms with Crippen molar-refractivity contribution >= 4 is 39.8 Å². The Labute approximate surface area is 145 Å². The van der Waals surface area contributed by atoms with Crippen LogP contribution >= 0.6 is 23.1 Å². The number of carbonyl (C=O) groups excluding carboxylic acids is 1. The Kier molecular flexibility index (Phi) is 6.41. The van der Waals surface area contributed by atoms with Gasteiger partial charge in [0, 0.05) is 12.2 Å². The first-order valence-corrected chi connectivity index (χ1v) is 9.25. The van der Waals surface area contributed by atoms with Gasteiger partial charge in [-0.2, -0.15) is 0 Å². The summed E-state index contributed by atoms with van der Waals surface area (Å²) in [5, 5.41) is 15.0. The number of carbonyl (C=O) groups is 1. The number of amides is 1. The summed E-state index contributed by atoms with van der Waals surface area (Å²) in [6.45, 7) is 8.78. The fraction of sp³-hybridized carbons (Fsp3) is 0.438. The normalized spacial score (nSPS) is 12.2. The van der Waals surface area contributed by atoms with Crippen LogP contribution < -0.4 is 10.6 Å². The van der Waals surface area contributed by atoms with Gasteiger partial charge in [0.1, 0.15) is 0 Å². The molecule has 0 aliphatic rings. The van der Waals surface area contributed by atoms with Crippen LogP contribution in [0.1, 0.15) is 26.3 Å². The standard InChI is InChI=1S/C16H22N4OS2/c1-10(2)9-17-14(21)12(4)22-16-20-19-15(23-16)18-13-7-5-11(3)6-8-13/h5-8,10,12H,9H2,1-4H3,(H,17,21)(H,18,19). The summed E-state index contributed by atoms with van der Waals surface area (Å²) in [5.41, 5.74) is 2.19. The molecule has 23 heavy (non-hydrogen) atoms. The highest BCUT2D eigenvalue weighted by atomic mass is 32.2. The SMILES string of the molecule is Cc1ccc(Nc2nnc(SC(C)C(=O)NCC(C)C)s2)cc1. The number of anilines is 2. The molecule has 0 aliphatic heterocycles. The first-order chi connectivity index (χ1) is 10.9. The smallest absolute Gasteiger partial charge is 0.233 e. The second kappa shape index (κ2) is 8.31. The molecule has 0 saturated heterocycles. The van der Waals surface area contributed by atoms with Gasteiger partial charge in [-0.15, -0.1) is 10.2 Å². The Morgan fingerprint density at radius 2 is 1.91 bits per heavy atom. The number of nitrogens with zero attached hydrogens (tertiary/aromatic N) is 2. The summed E-state index contributed by atoms with van der Waals surface area (Å²) in [5.74, 6) is 0.481. The predicted molar refractivity (Wildman–Crippen MR) is 97.5 cm³/mol. The lowest BCUT2D eigenvalue weighted by molar-refractivity contribution is -0.120. The third-order valence-electron chi connectivity index (χ3n) is 3.04. The van der Waals surface area contributed by atoms with Gasteiger partial charge in [0.2, 0.25) is 11.0 Å². The first kappa shape index (κ1) is 17.7. The van der Waals surface area contributed by atoms with E-state index < -0.39 is 0 Å². The molecule has 0 aliphatic carbocycles. The second-order valence-electron chi connectivity index (χ2n) is 5.76. The van der Waals surface area contributed by atoms with Gasteiger partial charge in [-0.1, -0.05) is 54.6 Å². The summed E-state index contributed by atoms with van der Waals surface area (Å²) in [6.07, 6.45) is 0. The lowest BCUT2D eigenvalue weighted by Gasteiger charge is -2.11. The number of hydrogen-bond donors (Lipinski definition) is 2. The Hall–Kier alpha value is -1.60. The van der Waals surface area contributed by atoms with E-state index in [1.54, 1.807) is 0 Å². The van der Waals surface area contributed by atoms with E-state index in [4.69, 9.17) is 0 Å². The van der Waals surface area contributed by atoms with Gasteiger partial charge in [-0.3, -0.25) is 4.79 Å². The van der Waals surface area contributed by atoms with Gasteiger partial charge in [0.05, 0.1) is 5.25 Å². The van der Waals surface area contributed by atoms with Crippen LogP contribution in [0.4, 0.5) is 10.8 Å². The summed E-state index contributed by atoms with van der Waals surface area (Å²) in [4.78, 5) is 12.0. The molecule has 5 nitrogen and oxygen atoms in total. The van der Waals surface area contributed by atoms with Gasteiger partial charge in [0.25, 0.3) is 0 Å². The molecule has 1 atom stereocenters. The van der Waals surface area contributed by atoms with Crippen molar-refractivity contribution in [2.45, 2.75) is 37.3 Å². The quantitative estimate of drug-likeness (QED) is 0.743. The molecule has 2 N–H and O–H groups in total. The Bertz CT molecular complexity index is 640. The average molecular weight is 351 g/mol. The van der Waals surface area contributed by atoms with Crippen LogP contribution in [0.5, 0.6) is 0 Å². The van der Waals surface area contributed by atoms with E-state index in [1.807, 2.05) is 31.2 Å². The predicted octanol–water partition coefficient (Wildman–Crippen LogP) is 3.84. The van der Waals surface area contributed by atoms with Crippen LogP contribution in [0.2, 0.25) is 0 Å². The van der Waals surface area contributed by atoms with E-state index in [2.05, 4.69) is 41.6 Å². The van der Waals surface area contributed by atoms with Crippen molar-refractivity contribution in [2.24, 2.45) is 5.92 Å². The third kappa shape index (κ3) is 5.84. The topological polar surface area (TPSA) is 66.9 Å². The van der Waals surface area contributed by atoms with Crippen molar-refractivity contribution in [1.82, 2.24) is 15.5 Å². The van der Waals surface area contributed by atoms with Crippen LogP contribution in [0, 0.1) is 12.8 Å². The molecule has 1 aromatic carbocycles. The maximum absolute atomic E-state index is 12.0. The van der Waals surface area contributed by atoms with Crippen LogP contribution in [0.15, 0.2) is 28.6 Å². The molecule has 1 heterocycles. The monoisotopic (exact) mass is 350 g/mol. The van der Waals surface area contributed by atoms with E-state index >= 15 is 0 Å². The van der Waals surface area contributed by atoms with Gasteiger partial charge in [-0.25, -0.2) is 0 Å². The third-order valence-corrected chi connectivity index (χ3v) is 5.06. The fourth-order valence-electron chi connectivity index (χ4n) is 1.72. The minimum absolute atomic E-state index is 0.0342. The molecule has 7 heteroatoms. The van der Waals surface area contributed by atoms with Crippen LogP contribution in [-0.2, 0) is 4.79 Å². The van der Waals surface area contributed by atoms with E-state index in [1.165, 1.54) is 28.7 Å². The highest BCUT2D eigenvalue weighted by molar-refractivity contribution is 8.02. The first-order valence-electron chi connectivity index (χ1n) is 7.55. The van der Waals surface area contributed by atoms with Gasteiger partial charge in [0.15, 0.2) is 4.34 Å². The minimum atomic E-state index is -0.186. The molecule has 0 radical (unpaired) electrons. The van der Waals surface area contributed by atoms with Gasteiger partial charge < -0.3 is 10.6 Å². The van der Waals surface area contributed by atoms with E-state index in [0.717, 1.165) is 15.2 Å². The summed E-state index contributed by atoms with van der Waals surface area (Å²) in [6, 6.07) is 8.09. The number of aryl methyl sites for hydroxylation is 1. The molecule has 1 amide bonds. The average Bonchev–Trinajstić information content (AvgIpc) is 2.94. The second-order valence-corrected chi connectivity index (χ2v) is 8.33. The van der Waals surface area contributed by atoms with Crippen LogP contribution in [0.3, 0.4) is 0 Å². The van der Waals surface area contributed by atoms with Crippen molar-refractivity contribution in [3.05, 3.63) is 29.8 Å². The van der Waals surface area contributed by atoms with Crippen molar-refractivity contribution < 1.29 is 4.79 Å². The minimum Gasteiger partial charge on any atom is -0.355 e. The molecule has 1 aromatic heterocycles. The molecule has 2 aromatic rings. The zero-order chi connectivity index (χ0) is 16.8. The van der Waals surface area contributed by atoms with Crippen LogP contribution in [0.25, 0.3) is 0 Å². The molecule has 0 spiro atoms. The maximum Gasteiger partial charge on any atom is 0.233 e. The molecular weight excluding hydrogens is 328 g/mol. The lowest BCUT2D eigenvalue weighted by atomic mass is 10.2. The van der Waals surface area contributed by atoms with E-state index in [9.17, 15) is 4.79 Å². The van der Waals surface area contributed by atoms with Crippen molar-refractivity contribution in [3.8, 4) is 0 Å². The van der Waals surface area contributed by atoms with Crippen LogP contribution in [-0.4, -0.2) is 27.9 Å². The van der Waals surface area contributed by atoms with Gasteiger partial charge >= 0.3 is 0 Å². The summed E-state index contributed by atoms with van der Waals surface area (Å²) >= 11 is 2.88. The van der Waals surface area contributed by atoms with Crippen molar-refractivity contribution in [1.29, 1.82) is 0 Å². The zero-order valence-corrected chi connectivity index (χ0v) is 15.4. The highest BCUT2D eigenvalue weighted by Crippen LogP contribution is 2.30. The van der Waals surface area contributed by atoms with Crippen molar-refractivity contribution in [2.75, 3.05) is 11.9 Å². The molecule has 0 saturated carbocycles. The largest absolute Gasteiger partial charge is 0.355 e. The Morgan fingerprint density at radius 3 is 2.57 bits per heavy atom. The summed E-state index contributed by atoms with van der Waals surface area (Å²) < 4.78 is 0.784. The number of hydrogen-bond acceptors (Lipinski definition) is 6. The summed E-state index contributed by atoms with van der Waals surface area (Å²) in [7, 11) is 0. The number of benzene rings is 1. The van der Waals surface area contributed by atoms with Crippen molar-refractivity contribution in [3.63, 3.8) is 0 Å². The van der Waals surface area contributed by atoms with E-state index in [-0.39, 0.29) is 11.2 Å². The number of rotatable bonds is 7. The molecule has 124 valence electrons. The molecular formula is C16H22N4OS2. The van der Waals surface area contributed by atoms with Gasteiger partial charge in [-0.05, 0) is 31.9 Å². The number of thioether (sulfide) groups is 1. The molecule has 0 fully saturated rings. The lowest BCUT2D eigenvalue weighted by Crippen LogP contribution is -2.33. The Balaban J connectivity index is 1.88. The Morgan fingerprint density at radius 1 is 1.22 bits per heavy atom. The molecule has 1 unspecified atom stereocenters. The zero-order valence-electron chi connectivity index (χ0n) is 13.8. The number of nitrogens with one attached hydrogen (secondary N) is 2. The highest BCUT2D eigenvalue weighted by Gasteiger charge is 2.17. The molecule has 2 rings (SSSR count). The number of aromatic nitrogens is 2. The maximum atomic E-state index is 12.0.